The van der Waals surface area contributed by atoms with Crippen molar-refractivity contribution in [2.45, 2.75) is 43.9 Å². The lowest BCUT2D eigenvalue weighted by Crippen LogP contribution is -2.48. The standard InChI is InChI=1S/C21H27FN6OS/c1-23-16-6-4-5-7-17(19(16)22)28(3)21-26-25-20(30-21)15-9-8-13(10-18(15)29)14-11-24-27(2)12-14/h8-12,16-17,19,23,29H,4-7H2,1-3H3/t16-,17+,19-/m0/s1. The van der Waals surface area contributed by atoms with Gasteiger partial charge in [-0.1, -0.05) is 30.2 Å². The van der Waals surface area contributed by atoms with E-state index in [0.29, 0.717) is 15.7 Å². The number of hydrogen-bond donors (Lipinski definition) is 2. The lowest BCUT2D eigenvalue weighted by molar-refractivity contribution is 0.215. The fourth-order valence-corrected chi connectivity index (χ4v) is 4.98. The number of nitrogens with one attached hydrogen (secondary N) is 1. The molecule has 3 aromatic rings. The number of phenols is 1. The van der Waals surface area contributed by atoms with Gasteiger partial charge in [-0.25, -0.2) is 4.39 Å². The number of anilines is 1. The number of alkyl halides is 1. The Labute approximate surface area is 179 Å². The van der Waals surface area contributed by atoms with Crippen LogP contribution in [0.25, 0.3) is 21.7 Å². The number of halogens is 1. The Kier molecular flexibility index (Phi) is 6.01. The first-order valence-corrected chi connectivity index (χ1v) is 11.0. The molecule has 30 heavy (non-hydrogen) atoms. The van der Waals surface area contributed by atoms with E-state index in [1.165, 1.54) is 11.3 Å². The summed E-state index contributed by atoms with van der Waals surface area (Å²) in [5, 5.41) is 27.7. The quantitative estimate of drug-likeness (QED) is 0.602. The molecule has 0 unspecified atom stereocenters. The Bertz CT molecular complexity index is 1010. The van der Waals surface area contributed by atoms with Gasteiger partial charge in [-0.3, -0.25) is 4.68 Å². The summed E-state index contributed by atoms with van der Waals surface area (Å²) in [5.41, 5.74) is 2.42. The topological polar surface area (TPSA) is 79.1 Å². The van der Waals surface area contributed by atoms with Gasteiger partial charge in [0.2, 0.25) is 5.13 Å². The number of rotatable bonds is 5. The second kappa shape index (κ2) is 8.69. The fourth-order valence-electron chi connectivity index (χ4n) is 4.09. The number of hydrogen-bond acceptors (Lipinski definition) is 7. The van der Waals surface area contributed by atoms with Crippen molar-refractivity contribution in [3.63, 3.8) is 0 Å². The minimum Gasteiger partial charge on any atom is -0.507 e. The molecule has 0 saturated heterocycles. The van der Waals surface area contributed by atoms with Crippen LogP contribution in [0.2, 0.25) is 0 Å². The molecule has 0 bridgehead atoms. The van der Waals surface area contributed by atoms with Gasteiger partial charge >= 0.3 is 0 Å². The Morgan fingerprint density at radius 1 is 1.23 bits per heavy atom. The monoisotopic (exact) mass is 430 g/mol. The predicted molar refractivity (Wildman–Crippen MR) is 118 cm³/mol. The molecule has 7 nitrogen and oxygen atoms in total. The molecule has 9 heteroatoms. The molecule has 0 aliphatic heterocycles. The summed E-state index contributed by atoms with van der Waals surface area (Å²) in [7, 11) is 5.55. The van der Waals surface area contributed by atoms with Gasteiger partial charge < -0.3 is 15.3 Å². The maximum Gasteiger partial charge on any atom is 0.208 e. The van der Waals surface area contributed by atoms with Crippen LogP contribution < -0.4 is 10.2 Å². The normalized spacial score (nSPS) is 22.1. The van der Waals surface area contributed by atoms with E-state index in [1.54, 1.807) is 16.9 Å². The van der Waals surface area contributed by atoms with Crippen LogP contribution in [0.3, 0.4) is 0 Å². The van der Waals surface area contributed by atoms with Crippen LogP contribution >= 0.6 is 11.3 Å². The molecule has 3 atom stereocenters. The highest BCUT2D eigenvalue weighted by Gasteiger charge is 2.34. The molecule has 2 heterocycles. The number of nitrogens with zero attached hydrogens (tertiary/aromatic N) is 5. The van der Waals surface area contributed by atoms with Gasteiger partial charge in [0.1, 0.15) is 11.9 Å². The van der Waals surface area contributed by atoms with E-state index in [0.717, 1.165) is 36.8 Å². The molecule has 1 saturated carbocycles. The maximum atomic E-state index is 15.1. The van der Waals surface area contributed by atoms with Crippen molar-refractivity contribution >= 4 is 16.5 Å². The van der Waals surface area contributed by atoms with E-state index in [1.807, 2.05) is 44.4 Å². The van der Waals surface area contributed by atoms with Crippen LogP contribution in [-0.4, -0.2) is 57.4 Å². The van der Waals surface area contributed by atoms with Gasteiger partial charge in [-0.2, -0.15) is 5.10 Å². The molecule has 0 radical (unpaired) electrons. The minimum absolute atomic E-state index is 0.134. The highest BCUT2D eigenvalue weighted by atomic mass is 32.1. The molecule has 0 spiro atoms. The van der Waals surface area contributed by atoms with Crippen molar-refractivity contribution in [2.24, 2.45) is 7.05 Å². The van der Waals surface area contributed by atoms with E-state index >= 15 is 4.39 Å². The predicted octanol–water partition coefficient (Wildman–Crippen LogP) is 3.62. The molecule has 1 aromatic carbocycles. The lowest BCUT2D eigenvalue weighted by Gasteiger charge is -2.32. The minimum atomic E-state index is -0.970. The van der Waals surface area contributed by atoms with Gasteiger partial charge in [0.15, 0.2) is 5.01 Å². The summed E-state index contributed by atoms with van der Waals surface area (Å²) in [6.45, 7) is 0. The number of benzene rings is 1. The summed E-state index contributed by atoms with van der Waals surface area (Å²) in [6.07, 6.45) is 6.33. The highest BCUT2D eigenvalue weighted by molar-refractivity contribution is 7.18. The Morgan fingerprint density at radius 2 is 2.03 bits per heavy atom. The zero-order chi connectivity index (χ0) is 21.3. The number of aryl methyl sites for hydroxylation is 1. The molecule has 0 amide bonds. The van der Waals surface area contributed by atoms with Crippen molar-refractivity contribution in [1.29, 1.82) is 0 Å². The first kappa shape index (κ1) is 20.7. The van der Waals surface area contributed by atoms with Crippen LogP contribution in [0.1, 0.15) is 25.7 Å². The first-order valence-electron chi connectivity index (χ1n) is 10.2. The van der Waals surface area contributed by atoms with E-state index < -0.39 is 6.17 Å². The summed E-state index contributed by atoms with van der Waals surface area (Å²) < 4.78 is 16.8. The molecule has 1 aliphatic carbocycles. The summed E-state index contributed by atoms with van der Waals surface area (Å²) >= 11 is 1.37. The van der Waals surface area contributed by atoms with Crippen molar-refractivity contribution < 1.29 is 9.50 Å². The number of phenolic OH excluding ortho intramolecular Hbond substituents is 1. The largest absolute Gasteiger partial charge is 0.507 e. The zero-order valence-corrected chi connectivity index (χ0v) is 18.2. The van der Waals surface area contributed by atoms with Gasteiger partial charge in [-0.05, 0) is 37.6 Å². The van der Waals surface area contributed by atoms with Crippen LogP contribution in [0.15, 0.2) is 30.6 Å². The fraction of sp³-hybridized carbons (Fsp3) is 0.476. The van der Waals surface area contributed by atoms with Gasteiger partial charge in [0, 0.05) is 31.9 Å². The second-order valence-electron chi connectivity index (χ2n) is 7.83. The van der Waals surface area contributed by atoms with Crippen molar-refractivity contribution in [2.75, 3.05) is 19.0 Å². The highest BCUT2D eigenvalue weighted by Crippen LogP contribution is 2.38. The third-order valence-electron chi connectivity index (χ3n) is 5.87. The third-order valence-corrected chi connectivity index (χ3v) is 6.91. The summed E-state index contributed by atoms with van der Waals surface area (Å²) in [4.78, 5) is 1.91. The van der Waals surface area contributed by atoms with Crippen LogP contribution in [0.4, 0.5) is 9.52 Å². The molecule has 4 rings (SSSR count). The van der Waals surface area contributed by atoms with Crippen LogP contribution in [0.5, 0.6) is 5.75 Å². The average molecular weight is 431 g/mol. The number of aromatic nitrogens is 4. The lowest BCUT2D eigenvalue weighted by atomic mass is 10.0. The molecule has 160 valence electrons. The van der Waals surface area contributed by atoms with E-state index in [2.05, 4.69) is 20.6 Å². The maximum absolute atomic E-state index is 15.1. The summed E-state index contributed by atoms with van der Waals surface area (Å²) in [6, 6.07) is 5.08. The smallest absolute Gasteiger partial charge is 0.208 e. The Hall–Kier alpha value is -2.52. The zero-order valence-electron chi connectivity index (χ0n) is 17.4. The van der Waals surface area contributed by atoms with E-state index in [4.69, 9.17) is 0 Å². The van der Waals surface area contributed by atoms with Gasteiger partial charge in [-0.15, -0.1) is 10.2 Å². The van der Waals surface area contributed by atoms with Gasteiger partial charge in [0.05, 0.1) is 17.8 Å². The molecule has 2 N–H and O–H groups in total. The average Bonchev–Trinajstić information content (AvgIpc) is 3.35. The molecule has 1 aliphatic rings. The molecule has 2 aromatic heterocycles. The number of aromatic hydroxyl groups is 1. The van der Waals surface area contributed by atoms with Crippen molar-refractivity contribution in [3.8, 4) is 27.4 Å². The van der Waals surface area contributed by atoms with Crippen molar-refractivity contribution in [3.05, 3.63) is 30.6 Å². The Balaban J connectivity index is 1.56. The SMILES string of the molecule is CN[C@H]1CCCC[C@@H](N(C)c2nnc(-c3ccc(-c4cnn(C)c4)cc3O)s2)[C@H]1F. The van der Waals surface area contributed by atoms with E-state index in [9.17, 15) is 5.11 Å². The molecular weight excluding hydrogens is 403 g/mol. The Morgan fingerprint density at radius 3 is 2.73 bits per heavy atom. The van der Waals surface area contributed by atoms with Crippen LogP contribution in [-0.2, 0) is 7.05 Å². The molecular formula is C21H27FN6OS. The second-order valence-corrected chi connectivity index (χ2v) is 8.78. The van der Waals surface area contributed by atoms with Gasteiger partial charge in [0.25, 0.3) is 0 Å². The first-order chi connectivity index (χ1) is 14.5. The molecule has 1 fully saturated rings. The third kappa shape index (κ3) is 4.04. The van der Waals surface area contributed by atoms with Crippen LogP contribution in [0, 0.1) is 0 Å². The van der Waals surface area contributed by atoms with Crippen molar-refractivity contribution in [1.82, 2.24) is 25.3 Å². The summed E-state index contributed by atoms with van der Waals surface area (Å²) in [5.74, 6) is 0.134. The van der Waals surface area contributed by atoms with E-state index in [-0.39, 0.29) is 17.8 Å².